The first-order valence-electron chi connectivity index (χ1n) is 5.23. The Morgan fingerprint density at radius 3 is 2.58 bits per heavy atom. The van der Waals surface area contributed by atoms with Crippen LogP contribution >= 0.6 is 0 Å². The molecule has 1 aliphatic rings. The molecule has 0 saturated carbocycles. The molecule has 1 heterocycles. The minimum Gasteiger partial charge on any atom is -0.497 e. The number of carbonyl (C=O) groups excluding carboxylic acids is 2. The fraction of sp³-hybridized carbons (Fsp3) is 0.273. The van der Waals surface area contributed by atoms with Crippen LogP contribution in [-0.2, 0) is 19.6 Å². The molecular weight excluding hydrogens is 274 g/mol. The van der Waals surface area contributed by atoms with E-state index in [1.807, 2.05) is 4.72 Å². The number of esters is 1. The number of fused-ring (bicyclic) bond motifs is 1. The van der Waals surface area contributed by atoms with E-state index < -0.39 is 27.8 Å². The van der Waals surface area contributed by atoms with Gasteiger partial charge in [-0.25, -0.2) is 13.2 Å². The Balaban J connectivity index is 2.61. The summed E-state index contributed by atoms with van der Waals surface area (Å²) >= 11 is 0. The maximum Gasteiger partial charge on any atom is 0.332 e. The minimum atomic E-state index is -3.93. The van der Waals surface area contributed by atoms with E-state index in [9.17, 15) is 18.0 Å². The van der Waals surface area contributed by atoms with Gasteiger partial charge in [0.05, 0.1) is 19.1 Å². The highest BCUT2D eigenvalue weighted by molar-refractivity contribution is 7.89. The molecule has 0 radical (unpaired) electrons. The van der Waals surface area contributed by atoms with E-state index in [1.165, 1.54) is 25.3 Å². The second kappa shape index (κ2) is 4.63. The van der Waals surface area contributed by atoms with Gasteiger partial charge in [-0.05, 0) is 18.2 Å². The van der Waals surface area contributed by atoms with Crippen molar-refractivity contribution in [2.75, 3.05) is 14.2 Å². The summed E-state index contributed by atoms with van der Waals surface area (Å²) in [5.41, 5.74) is -0.0894. The molecule has 1 aromatic carbocycles. The summed E-state index contributed by atoms with van der Waals surface area (Å²) in [5, 5.41) is 0. The predicted octanol–water partition coefficient (Wildman–Crippen LogP) is -0.289. The van der Waals surface area contributed by atoms with Gasteiger partial charge in [-0.1, -0.05) is 0 Å². The summed E-state index contributed by atoms with van der Waals surface area (Å²) in [5.74, 6) is -1.30. The van der Waals surface area contributed by atoms with E-state index in [1.54, 1.807) is 0 Å². The van der Waals surface area contributed by atoms with Gasteiger partial charge < -0.3 is 9.47 Å². The SMILES string of the molecule is COC(=O)C1NS(=O)(=O)c2ccc(OC)cc2C1=O. The van der Waals surface area contributed by atoms with Gasteiger partial charge >= 0.3 is 5.97 Å². The smallest absolute Gasteiger partial charge is 0.332 e. The van der Waals surface area contributed by atoms with E-state index >= 15 is 0 Å². The number of rotatable bonds is 2. The summed E-state index contributed by atoms with van der Waals surface area (Å²) in [7, 11) is -1.47. The van der Waals surface area contributed by atoms with Crippen LogP contribution in [0, 0.1) is 0 Å². The number of sulfonamides is 1. The molecule has 102 valence electrons. The van der Waals surface area contributed by atoms with Gasteiger partial charge in [0.2, 0.25) is 10.0 Å². The molecule has 0 fully saturated rings. The monoisotopic (exact) mass is 285 g/mol. The highest BCUT2D eigenvalue weighted by Crippen LogP contribution is 2.27. The summed E-state index contributed by atoms with van der Waals surface area (Å²) in [6.45, 7) is 0. The van der Waals surface area contributed by atoms with Crippen molar-refractivity contribution >= 4 is 21.8 Å². The number of hydrogen-bond acceptors (Lipinski definition) is 6. The molecule has 0 bridgehead atoms. The number of ether oxygens (including phenoxy) is 2. The Kier molecular flexibility index (Phi) is 3.29. The van der Waals surface area contributed by atoms with Gasteiger partial charge in [-0.15, -0.1) is 0 Å². The third-order valence-corrected chi connectivity index (χ3v) is 4.19. The van der Waals surface area contributed by atoms with Gasteiger partial charge in [-0.2, -0.15) is 4.72 Å². The Bertz CT molecular complexity index is 651. The summed E-state index contributed by atoms with van der Waals surface area (Å²) in [6, 6.07) is 2.40. The van der Waals surface area contributed by atoms with Crippen LogP contribution in [-0.4, -0.2) is 40.4 Å². The zero-order chi connectivity index (χ0) is 14.2. The molecule has 1 aliphatic heterocycles. The third-order valence-electron chi connectivity index (χ3n) is 2.71. The highest BCUT2D eigenvalue weighted by atomic mass is 32.2. The van der Waals surface area contributed by atoms with Gasteiger partial charge in [0.25, 0.3) is 0 Å². The van der Waals surface area contributed by atoms with Gasteiger partial charge in [-0.3, -0.25) is 4.79 Å². The van der Waals surface area contributed by atoms with Crippen molar-refractivity contribution in [2.45, 2.75) is 10.9 Å². The lowest BCUT2D eigenvalue weighted by Crippen LogP contribution is -2.50. The van der Waals surface area contributed by atoms with Crippen LogP contribution in [0.4, 0.5) is 0 Å². The van der Waals surface area contributed by atoms with Crippen LogP contribution in [0.5, 0.6) is 5.75 Å². The van der Waals surface area contributed by atoms with Gasteiger partial charge in [0.1, 0.15) is 5.75 Å². The third kappa shape index (κ3) is 2.20. The summed E-state index contributed by atoms with van der Waals surface area (Å²) in [6.07, 6.45) is 0. The first-order chi connectivity index (χ1) is 8.90. The molecule has 0 saturated heterocycles. The average Bonchev–Trinajstić information content (AvgIpc) is 2.41. The Labute approximate surface area is 109 Å². The Hall–Kier alpha value is -1.93. The number of nitrogens with one attached hydrogen (secondary N) is 1. The van der Waals surface area contributed by atoms with E-state index in [0.29, 0.717) is 5.75 Å². The molecule has 8 heteroatoms. The van der Waals surface area contributed by atoms with Crippen molar-refractivity contribution in [3.8, 4) is 5.75 Å². The molecule has 1 aromatic rings. The molecule has 0 aromatic heterocycles. The standard InChI is InChI=1S/C11H11NO6S/c1-17-6-3-4-8-7(5-6)10(13)9(11(14)18-2)12-19(8,15)16/h3-5,9,12H,1-2H3. The molecule has 2 rings (SSSR count). The van der Waals surface area contributed by atoms with Crippen LogP contribution in [0.15, 0.2) is 23.1 Å². The number of methoxy groups -OCH3 is 2. The lowest BCUT2D eigenvalue weighted by atomic mass is 10.0. The van der Waals surface area contributed by atoms with Crippen molar-refractivity contribution in [1.82, 2.24) is 4.72 Å². The minimum absolute atomic E-state index is 0.0894. The summed E-state index contributed by atoms with van der Waals surface area (Å²) < 4.78 is 35.2. The van der Waals surface area contributed by atoms with Crippen molar-refractivity contribution in [3.05, 3.63) is 23.8 Å². The highest BCUT2D eigenvalue weighted by Gasteiger charge is 2.41. The molecule has 1 atom stereocenters. The second-order valence-electron chi connectivity index (χ2n) is 3.80. The molecule has 0 amide bonds. The molecule has 19 heavy (non-hydrogen) atoms. The molecule has 1 unspecified atom stereocenters. The fourth-order valence-electron chi connectivity index (χ4n) is 1.76. The van der Waals surface area contributed by atoms with Crippen molar-refractivity contribution in [2.24, 2.45) is 0 Å². The first-order valence-corrected chi connectivity index (χ1v) is 6.71. The zero-order valence-electron chi connectivity index (χ0n) is 10.2. The van der Waals surface area contributed by atoms with Crippen molar-refractivity contribution in [3.63, 3.8) is 0 Å². The quantitative estimate of drug-likeness (QED) is 0.592. The van der Waals surface area contributed by atoms with E-state index in [4.69, 9.17) is 4.74 Å². The van der Waals surface area contributed by atoms with E-state index in [0.717, 1.165) is 7.11 Å². The number of benzene rings is 1. The predicted molar refractivity (Wildman–Crippen MR) is 63.5 cm³/mol. The van der Waals surface area contributed by atoms with Crippen LogP contribution < -0.4 is 9.46 Å². The molecule has 0 spiro atoms. The van der Waals surface area contributed by atoms with Crippen molar-refractivity contribution < 1.29 is 27.5 Å². The number of ketones is 1. The topological polar surface area (TPSA) is 98.8 Å². The second-order valence-corrected chi connectivity index (χ2v) is 5.49. The number of Topliss-reactive ketones (excluding diaryl/α,β-unsaturated/α-hetero) is 1. The van der Waals surface area contributed by atoms with E-state index in [-0.39, 0.29) is 10.5 Å². The largest absolute Gasteiger partial charge is 0.497 e. The first kappa shape index (κ1) is 13.5. The molecular formula is C11H11NO6S. The zero-order valence-corrected chi connectivity index (χ0v) is 11.0. The maximum absolute atomic E-state index is 12.1. The van der Waals surface area contributed by atoms with Crippen LogP contribution in [0.25, 0.3) is 0 Å². The normalized spacial score (nSPS) is 20.5. The van der Waals surface area contributed by atoms with Gasteiger partial charge in [0.15, 0.2) is 11.8 Å². The summed E-state index contributed by atoms with van der Waals surface area (Å²) in [4.78, 5) is 23.3. The maximum atomic E-state index is 12.1. The number of carbonyl (C=O) groups is 2. The van der Waals surface area contributed by atoms with Crippen molar-refractivity contribution in [1.29, 1.82) is 0 Å². The Morgan fingerprint density at radius 1 is 1.32 bits per heavy atom. The molecule has 0 aliphatic carbocycles. The molecule has 1 N–H and O–H groups in total. The van der Waals surface area contributed by atoms with Gasteiger partial charge in [0, 0.05) is 5.56 Å². The molecule has 7 nitrogen and oxygen atoms in total. The lowest BCUT2D eigenvalue weighted by molar-refractivity contribution is -0.141. The lowest BCUT2D eigenvalue weighted by Gasteiger charge is -2.23. The number of hydrogen-bond donors (Lipinski definition) is 1. The Morgan fingerprint density at radius 2 is 2.00 bits per heavy atom. The van der Waals surface area contributed by atoms with Crippen LogP contribution in [0.1, 0.15) is 10.4 Å². The fourth-order valence-corrected chi connectivity index (χ4v) is 3.10. The van der Waals surface area contributed by atoms with E-state index in [2.05, 4.69) is 4.74 Å². The van der Waals surface area contributed by atoms with Crippen LogP contribution in [0.3, 0.4) is 0 Å². The average molecular weight is 285 g/mol. The van der Waals surface area contributed by atoms with Crippen LogP contribution in [0.2, 0.25) is 0 Å².